The van der Waals surface area contributed by atoms with Crippen LogP contribution in [-0.2, 0) is 4.79 Å². The van der Waals surface area contributed by atoms with Crippen molar-refractivity contribution in [2.75, 3.05) is 13.1 Å². The van der Waals surface area contributed by atoms with Gasteiger partial charge in [-0.2, -0.15) is 0 Å². The van der Waals surface area contributed by atoms with Gasteiger partial charge in [0.1, 0.15) is 0 Å². The molecule has 0 aromatic heterocycles. The third-order valence-electron chi connectivity index (χ3n) is 3.64. The quantitative estimate of drug-likeness (QED) is 0.831. The molecule has 1 rings (SSSR count). The molecule has 0 aromatic rings. The summed E-state index contributed by atoms with van der Waals surface area (Å²) in [5.74, 6) is 1.20. The molecule has 0 saturated carbocycles. The summed E-state index contributed by atoms with van der Waals surface area (Å²) in [5, 5.41) is 0. The van der Waals surface area contributed by atoms with Gasteiger partial charge in [0.15, 0.2) is 0 Å². The molecule has 1 aliphatic rings. The van der Waals surface area contributed by atoms with Crippen LogP contribution < -0.4 is 5.73 Å². The molecule has 0 radical (unpaired) electrons. The van der Waals surface area contributed by atoms with Crippen molar-refractivity contribution in [3.05, 3.63) is 0 Å². The summed E-state index contributed by atoms with van der Waals surface area (Å²) in [6, 6.07) is -0.302. The Morgan fingerprint density at radius 1 is 1.44 bits per heavy atom. The van der Waals surface area contributed by atoms with Crippen LogP contribution in [0.25, 0.3) is 0 Å². The van der Waals surface area contributed by atoms with E-state index in [9.17, 15) is 4.79 Å². The van der Waals surface area contributed by atoms with E-state index in [4.69, 9.17) is 5.73 Å². The maximum absolute atomic E-state index is 12.0. The van der Waals surface area contributed by atoms with Gasteiger partial charge in [-0.1, -0.05) is 27.2 Å². The number of hydrogen-bond donors (Lipinski definition) is 1. The largest absolute Gasteiger partial charge is 0.341 e. The van der Waals surface area contributed by atoms with Crippen molar-refractivity contribution in [2.24, 2.45) is 17.6 Å². The highest BCUT2D eigenvalue weighted by molar-refractivity contribution is 5.85. The predicted molar refractivity (Wildman–Crippen MR) is 69.7 cm³/mol. The van der Waals surface area contributed by atoms with Crippen LogP contribution in [0.5, 0.6) is 0 Å². The topological polar surface area (TPSA) is 46.3 Å². The molecule has 1 fully saturated rings. The summed E-state index contributed by atoms with van der Waals surface area (Å²) < 4.78 is 0. The van der Waals surface area contributed by atoms with E-state index >= 15 is 0 Å². The van der Waals surface area contributed by atoms with E-state index in [0.29, 0.717) is 0 Å². The Morgan fingerprint density at radius 3 is 2.38 bits per heavy atom. The van der Waals surface area contributed by atoms with E-state index in [0.717, 1.165) is 38.3 Å². The molecular formula is C12H25ClN2O. The second-order valence-electron chi connectivity index (χ2n) is 4.92. The molecule has 1 heterocycles. The number of hydrogen-bond acceptors (Lipinski definition) is 2. The number of nitrogens with two attached hydrogens (primary N) is 1. The minimum absolute atomic E-state index is 0. The molecule has 0 aromatic carbocycles. The second kappa shape index (κ2) is 7.13. The summed E-state index contributed by atoms with van der Waals surface area (Å²) in [6.07, 6.45) is 3.22. The molecule has 1 saturated heterocycles. The van der Waals surface area contributed by atoms with E-state index in [2.05, 4.69) is 20.8 Å². The van der Waals surface area contributed by atoms with Crippen molar-refractivity contribution in [3.63, 3.8) is 0 Å². The highest BCUT2D eigenvalue weighted by Gasteiger charge is 2.27. The van der Waals surface area contributed by atoms with Crippen molar-refractivity contribution >= 4 is 18.3 Å². The lowest BCUT2D eigenvalue weighted by Crippen LogP contribution is -2.49. The first-order valence-electron chi connectivity index (χ1n) is 6.10. The maximum Gasteiger partial charge on any atom is 0.239 e. The molecule has 0 spiro atoms. The van der Waals surface area contributed by atoms with Gasteiger partial charge in [0, 0.05) is 13.1 Å². The maximum atomic E-state index is 12.0. The Kier molecular flexibility index (Phi) is 7.00. The summed E-state index contributed by atoms with van der Waals surface area (Å²) >= 11 is 0. The summed E-state index contributed by atoms with van der Waals surface area (Å²) in [5.41, 5.74) is 5.95. The fourth-order valence-corrected chi connectivity index (χ4v) is 1.94. The third-order valence-corrected chi connectivity index (χ3v) is 3.64. The fourth-order valence-electron chi connectivity index (χ4n) is 1.94. The summed E-state index contributed by atoms with van der Waals surface area (Å²) in [6.45, 7) is 8.16. The van der Waals surface area contributed by atoms with Gasteiger partial charge in [-0.25, -0.2) is 0 Å². The van der Waals surface area contributed by atoms with Crippen LogP contribution in [-0.4, -0.2) is 29.9 Å². The number of carbonyl (C=O) groups excluding carboxylic acids is 1. The van der Waals surface area contributed by atoms with Crippen LogP contribution in [0.3, 0.4) is 0 Å². The van der Waals surface area contributed by atoms with Gasteiger partial charge < -0.3 is 10.6 Å². The van der Waals surface area contributed by atoms with Crippen LogP contribution in [0.15, 0.2) is 0 Å². The van der Waals surface area contributed by atoms with Gasteiger partial charge >= 0.3 is 0 Å². The Bertz CT molecular complexity index is 215. The average Bonchev–Trinajstić information content (AvgIpc) is 2.27. The monoisotopic (exact) mass is 248 g/mol. The molecule has 1 aliphatic heterocycles. The van der Waals surface area contributed by atoms with Crippen LogP contribution in [0.1, 0.15) is 40.0 Å². The van der Waals surface area contributed by atoms with Gasteiger partial charge in [0.2, 0.25) is 5.91 Å². The first-order chi connectivity index (χ1) is 7.06. The van der Waals surface area contributed by atoms with Crippen molar-refractivity contribution in [3.8, 4) is 0 Å². The molecule has 16 heavy (non-hydrogen) atoms. The average molecular weight is 249 g/mol. The van der Waals surface area contributed by atoms with Gasteiger partial charge in [0.05, 0.1) is 6.04 Å². The molecule has 4 heteroatoms. The zero-order valence-corrected chi connectivity index (χ0v) is 11.4. The van der Waals surface area contributed by atoms with Crippen molar-refractivity contribution in [1.82, 2.24) is 4.90 Å². The Balaban J connectivity index is 0.00000225. The first-order valence-corrected chi connectivity index (χ1v) is 6.10. The number of likely N-dealkylation sites (tertiary alicyclic amines) is 1. The molecule has 96 valence electrons. The molecule has 1 amide bonds. The fraction of sp³-hybridized carbons (Fsp3) is 0.917. The van der Waals surface area contributed by atoms with Gasteiger partial charge in [-0.3, -0.25) is 4.79 Å². The zero-order chi connectivity index (χ0) is 11.4. The predicted octanol–water partition coefficient (Wildman–Crippen LogP) is 2.04. The van der Waals surface area contributed by atoms with Crippen LogP contribution in [0, 0.1) is 11.8 Å². The minimum Gasteiger partial charge on any atom is -0.341 e. The number of piperidine rings is 1. The lowest BCUT2D eigenvalue weighted by Gasteiger charge is -2.33. The van der Waals surface area contributed by atoms with E-state index < -0.39 is 0 Å². The highest BCUT2D eigenvalue weighted by atomic mass is 35.5. The first kappa shape index (κ1) is 15.7. The smallest absolute Gasteiger partial charge is 0.239 e. The van der Waals surface area contributed by atoms with E-state index in [1.807, 2.05) is 4.90 Å². The number of amides is 1. The molecule has 0 aliphatic carbocycles. The normalized spacial score (nSPS) is 21.1. The van der Waals surface area contributed by atoms with E-state index in [1.165, 1.54) is 0 Å². The van der Waals surface area contributed by atoms with Crippen molar-refractivity contribution in [1.29, 1.82) is 0 Å². The van der Waals surface area contributed by atoms with Gasteiger partial charge in [-0.05, 0) is 24.7 Å². The highest BCUT2D eigenvalue weighted by Crippen LogP contribution is 2.18. The van der Waals surface area contributed by atoms with Crippen LogP contribution >= 0.6 is 12.4 Å². The minimum atomic E-state index is -0.302. The number of halogens is 1. The molecule has 2 N–H and O–H groups in total. The Morgan fingerprint density at radius 2 is 1.94 bits per heavy atom. The number of rotatable bonds is 3. The van der Waals surface area contributed by atoms with E-state index in [-0.39, 0.29) is 30.3 Å². The van der Waals surface area contributed by atoms with Gasteiger partial charge in [0.25, 0.3) is 0 Å². The SMILES string of the molecule is CCC(C)C(N)C(=O)N1CCC(C)CC1.Cl. The standard InChI is InChI=1S/C12H24N2O.ClH/c1-4-10(3)11(13)12(15)14-7-5-9(2)6-8-14;/h9-11H,4-8,13H2,1-3H3;1H. The van der Waals surface area contributed by atoms with Crippen molar-refractivity contribution < 1.29 is 4.79 Å². The summed E-state index contributed by atoms with van der Waals surface area (Å²) in [7, 11) is 0. The molecular weight excluding hydrogens is 224 g/mol. The molecule has 2 atom stereocenters. The summed E-state index contributed by atoms with van der Waals surface area (Å²) in [4.78, 5) is 13.9. The molecule has 0 bridgehead atoms. The Hall–Kier alpha value is -0.280. The van der Waals surface area contributed by atoms with Gasteiger partial charge in [-0.15, -0.1) is 12.4 Å². The molecule has 3 nitrogen and oxygen atoms in total. The third kappa shape index (κ3) is 3.95. The number of nitrogens with zero attached hydrogens (tertiary/aromatic N) is 1. The molecule has 2 unspecified atom stereocenters. The lowest BCUT2D eigenvalue weighted by molar-refractivity contribution is -0.135. The Labute approximate surface area is 105 Å². The number of carbonyl (C=O) groups is 1. The van der Waals surface area contributed by atoms with Crippen molar-refractivity contribution in [2.45, 2.75) is 46.1 Å². The van der Waals surface area contributed by atoms with Crippen LogP contribution in [0.4, 0.5) is 0 Å². The van der Waals surface area contributed by atoms with Crippen LogP contribution in [0.2, 0.25) is 0 Å². The zero-order valence-electron chi connectivity index (χ0n) is 10.6. The lowest BCUT2D eigenvalue weighted by atomic mass is 9.95. The van der Waals surface area contributed by atoms with E-state index in [1.54, 1.807) is 0 Å². The second-order valence-corrected chi connectivity index (χ2v) is 4.92.